The Balaban J connectivity index is 1.43. The van der Waals surface area contributed by atoms with Gasteiger partial charge in [0, 0.05) is 31.2 Å². The number of benzene rings is 1. The number of likely N-dealkylation sites (tertiary alicyclic amines) is 1. The second-order valence-electron chi connectivity index (χ2n) is 9.05. The summed E-state index contributed by atoms with van der Waals surface area (Å²) in [7, 11) is 0. The van der Waals surface area contributed by atoms with Crippen molar-refractivity contribution in [3.05, 3.63) is 41.7 Å². The van der Waals surface area contributed by atoms with Crippen LogP contribution in [0, 0.1) is 0 Å². The lowest BCUT2D eigenvalue weighted by Gasteiger charge is -2.32. The average Bonchev–Trinajstić information content (AvgIpc) is 2.85. The Kier molecular flexibility index (Phi) is 7.42. The Labute approximate surface area is 195 Å². The highest BCUT2D eigenvalue weighted by Gasteiger charge is 2.23. The molecule has 0 bridgehead atoms. The van der Waals surface area contributed by atoms with E-state index in [0.717, 1.165) is 44.5 Å². The van der Waals surface area contributed by atoms with Crippen molar-refractivity contribution in [2.24, 2.45) is 5.73 Å². The van der Waals surface area contributed by atoms with Crippen molar-refractivity contribution in [1.29, 1.82) is 0 Å². The molecule has 0 atom stereocenters. The van der Waals surface area contributed by atoms with Crippen molar-refractivity contribution < 1.29 is 9.59 Å². The van der Waals surface area contributed by atoms with Crippen molar-refractivity contribution in [2.45, 2.75) is 70.3 Å². The Morgan fingerprint density at radius 2 is 1.76 bits per heavy atom. The number of carbonyl (C=O) groups is 2. The molecule has 2 heterocycles. The molecule has 0 radical (unpaired) electrons. The fraction of sp³-hybridized carbons (Fsp3) is 0.520. The molecule has 0 unspecified atom stereocenters. The molecule has 1 aromatic carbocycles. The van der Waals surface area contributed by atoms with E-state index in [9.17, 15) is 9.59 Å². The van der Waals surface area contributed by atoms with Crippen LogP contribution < -0.4 is 16.4 Å². The number of nitrogens with two attached hydrogens (primary N) is 1. The minimum absolute atomic E-state index is 0.126. The van der Waals surface area contributed by atoms with E-state index in [2.05, 4.69) is 32.7 Å². The number of rotatable bonds is 7. The van der Waals surface area contributed by atoms with Crippen LogP contribution in [0.2, 0.25) is 0 Å². The van der Waals surface area contributed by atoms with Gasteiger partial charge in [0.15, 0.2) is 11.5 Å². The lowest BCUT2D eigenvalue weighted by Crippen LogP contribution is -2.37. The second kappa shape index (κ2) is 10.6. The van der Waals surface area contributed by atoms with E-state index < -0.39 is 5.91 Å². The van der Waals surface area contributed by atoms with E-state index in [1.807, 2.05) is 24.0 Å². The van der Waals surface area contributed by atoms with Gasteiger partial charge in [-0.25, -0.2) is 9.97 Å². The molecule has 0 spiro atoms. The van der Waals surface area contributed by atoms with Crippen LogP contribution in [0.5, 0.6) is 0 Å². The first kappa shape index (κ1) is 23.0. The quantitative estimate of drug-likeness (QED) is 0.583. The SMILES string of the molecule is CCC(=O)N1CCC(c2ccc(Nc3nc(NC4CCCCC4)cnc3C(N)=O)cc2)CC1. The van der Waals surface area contributed by atoms with E-state index in [4.69, 9.17) is 5.73 Å². The summed E-state index contributed by atoms with van der Waals surface area (Å²) in [6.45, 7) is 3.54. The van der Waals surface area contributed by atoms with E-state index in [1.165, 1.54) is 24.8 Å². The predicted octanol–water partition coefficient (Wildman–Crippen LogP) is 4.18. The Morgan fingerprint density at radius 1 is 1.06 bits per heavy atom. The molecule has 8 heteroatoms. The topological polar surface area (TPSA) is 113 Å². The minimum atomic E-state index is -0.612. The first-order valence-electron chi connectivity index (χ1n) is 12.1. The molecular formula is C25H34N6O2. The zero-order valence-electron chi connectivity index (χ0n) is 19.3. The zero-order chi connectivity index (χ0) is 23.2. The summed E-state index contributed by atoms with van der Waals surface area (Å²) in [5, 5.41) is 6.67. The first-order valence-corrected chi connectivity index (χ1v) is 12.1. The number of primary amides is 1. The normalized spacial score (nSPS) is 17.5. The monoisotopic (exact) mass is 450 g/mol. The summed E-state index contributed by atoms with van der Waals surface area (Å²) in [5.74, 6) is 1.09. The Hall–Kier alpha value is -3.16. The maximum Gasteiger partial charge on any atom is 0.271 e. The summed E-state index contributed by atoms with van der Waals surface area (Å²) in [6.07, 6.45) is 10.1. The lowest BCUT2D eigenvalue weighted by molar-refractivity contribution is -0.131. The summed E-state index contributed by atoms with van der Waals surface area (Å²) in [6, 6.07) is 8.58. The summed E-state index contributed by atoms with van der Waals surface area (Å²) >= 11 is 0. The third-order valence-electron chi connectivity index (χ3n) is 6.76. The van der Waals surface area contributed by atoms with Crippen molar-refractivity contribution in [1.82, 2.24) is 14.9 Å². The number of hydrogen-bond acceptors (Lipinski definition) is 6. The van der Waals surface area contributed by atoms with E-state index >= 15 is 0 Å². The second-order valence-corrected chi connectivity index (χ2v) is 9.05. The van der Waals surface area contributed by atoms with Crippen LogP contribution >= 0.6 is 0 Å². The number of amides is 2. The van der Waals surface area contributed by atoms with Crippen LogP contribution in [-0.2, 0) is 4.79 Å². The Morgan fingerprint density at radius 3 is 2.39 bits per heavy atom. The van der Waals surface area contributed by atoms with Crippen LogP contribution in [0.3, 0.4) is 0 Å². The Bertz CT molecular complexity index is 963. The zero-order valence-corrected chi connectivity index (χ0v) is 19.3. The number of aromatic nitrogens is 2. The average molecular weight is 451 g/mol. The van der Waals surface area contributed by atoms with Gasteiger partial charge in [0.1, 0.15) is 5.82 Å². The standard InChI is InChI=1S/C25H34N6O2/c1-2-22(32)31-14-12-18(13-15-31)17-8-10-20(11-9-17)29-25-23(24(26)33)27-16-21(30-25)28-19-6-4-3-5-7-19/h8-11,16,18-19H,2-7,12-15H2,1H3,(H2,26,33)(H2,28,29,30). The molecule has 1 aliphatic carbocycles. The van der Waals surface area contributed by atoms with Crippen LogP contribution in [0.1, 0.15) is 80.3 Å². The van der Waals surface area contributed by atoms with Gasteiger partial charge in [-0.05, 0) is 49.3 Å². The van der Waals surface area contributed by atoms with Crippen molar-refractivity contribution >= 4 is 29.1 Å². The molecule has 1 saturated heterocycles. The molecular weight excluding hydrogens is 416 g/mol. The van der Waals surface area contributed by atoms with Crippen LogP contribution in [-0.4, -0.2) is 45.8 Å². The number of nitrogens with zero attached hydrogens (tertiary/aromatic N) is 3. The third-order valence-corrected chi connectivity index (χ3v) is 6.76. The molecule has 33 heavy (non-hydrogen) atoms. The van der Waals surface area contributed by atoms with Gasteiger partial charge < -0.3 is 21.3 Å². The molecule has 2 fully saturated rings. The van der Waals surface area contributed by atoms with Crippen molar-refractivity contribution in [3.8, 4) is 0 Å². The van der Waals surface area contributed by atoms with Gasteiger partial charge in [0.05, 0.1) is 6.20 Å². The number of piperidine rings is 1. The van der Waals surface area contributed by atoms with Gasteiger partial charge in [-0.3, -0.25) is 9.59 Å². The maximum atomic E-state index is 11.9. The molecule has 4 N–H and O–H groups in total. The smallest absolute Gasteiger partial charge is 0.271 e. The van der Waals surface area contributed by atoms with Gasteiger partial charge in [0.25, 0.3) is 5.91 Å². The molecule has 8 nitrogen and oxygen atoms in total. The van der Waals surface area contributed by atoms with Crippen molar-refractivity contribution in [2.75, 3.05) is 23.7 Å². The predicted molar refractivity (Wildman–Crippen MR) is 130 cm³/mol. The van der Waals surface area contributed by atoms with E-state index in [0.29, 0.717) is 30.0 Å². The third kappa shape index (κ3) is 5.80. The van der Waals surface area contributed by atoms with E-state index in [-0.39, 0.29) is 11.6 Å². The minimum Gasteiger partial charge on any atom is -0.366 e. The summed E-state index contributed by atoms with van der Waals surface area (Å²) < 4.78 is 0. The molecule has 2 aliphatic rings. The molecule has 1 aromatic heterocycles. The highest BCUT2D eigenvalue weighted by molar-refractivity contribution is 5.96. The molecule has 176 valence electrons. The highest BCUT2D eigenvalue weighted by atomic mass is 16.2. The summed E-state index contributed by atoms with van der Waals surface area (Å²) in [5.41, 5.74) is 7.75. The van der Waals surface area contributed by atoms with Gasteiger partial charge in [-0.2, -0.15) is 0 Å². The van der Waals surface area contributed by atoms with Crippen molar-refractivity contribution in [3.63, 3.8) is 0 Å². The number of carbonyl (C=O) groups excluding carboxylic acids is 2. The van der Waals surface area contributed by atoms with Gasteiger partial charge in [-0.15, -0.1) is 0 Å². The number of nitrogens with one attached hydrogen (secondary N) is 2. The maximum absolute atomic E-state index is 11.9. The molecule has 2 aromatic rings. The lowest BCUT2D eigenvalue weighted by atomic mass is 9.89. The van der Waals surface area contributed by atoms with Gasteiger partial charge >= 0.3 is 0 Å². The van der Waals surface area contributed by atoms with Gasteiger partial charge in [0.2, 0.25) is 5.91 Å². The summed E-state index contributed by atoms with van der Waals surface area (Å²) in [4.78, 5) is 34.6. The first-order chi connectivity index (χ1) is 16.0. The van der Waals surface area contributed by atoms with E-state index in [1.54, 1.807) is 6.20 Å². The molecule has 4 rings (SSSR count). The molecule has 1 saturated carbocycles. The number of anilines is 3. The van der Waals surface area contributed by atoms with Crippen LogP contribution in [0.15, 0.2) is 30.5 Å². The largest absolute Gasteiger partial charge is 0.366 e. The molecule has 2 amide bonds. The number of hydrogen-bond donors (Lipinski definition) is 3. The van der Waals surface area contributed by atoms with Gasteiger partial charge in [-0.1, -0.05) is 38.3 Å². The fourth-order valence-corrected chi connectivity index (χ4v) is 4.84. The van der Waals surface area contributed by atoms with Crippen LogP contribution in [0.25, 0.3) is 0 Å². The molecule has 1 aliphatic heterocycles. The highest BCUT2D eigenvalue weighted by Crippen LogP contribution is 2.30. The fourth-order valence-electron chi connectivity index (χ4n) is 4.84. The van der Waals surface area contributed by atoms with Crippen LogP contribution in [0.4, 0.5) is 17.3 Å².